The molecule has 0 radical (unpaired) electrons. The molecule has 126 valence electrons. The van der Waals surface area contributed by atoms with Crippen LogP contribution in [-0.2, 0) is 4.79 Å². The van der Waals surface area contributed by atoms with Crippen molar-refractivity contribution in [2.45, 2.75) is 38.1 Å². The summed E-state index contributed by atoms with van der Waals surface area (Å²) >= 11 is 1.48. The van der Waals surface area contributed by atoms with Crippen LogP contribution in [0, 0.1) is 5.82 Å². The molecular weight excluding hydrogens is 311 g/mol. The van der Waals surface area contributed by atoms with E-state index in [1.165, 1.54) is 37.1 Å². The number of carbonyl (C=O) groups excluding carboxylic acids is 1. The van der Waals surface area contributed by atoms with Gasteiger partial charge in [0.2, 0.25) is 5.91 Å². The first-order valence-electron chi connectivity index (χ1n) is 8.12. The Hall–Kier alpha value is -1.49. The number of anilines is 2. The van der Waals surface area contributed by atoms with Crippen molar-refractivity contribution in [2.75, 3.05) is 28.8 Å². The predicted molar refractivity (Wildman–Crippen MR) is 97.8 cm³/mol. The minimum absolute atomic E-state index is 0.121. The van der Waals surface area contributed by atoms with Crippen LogP contribution in [0.25, 0.3) is 0 Å². The molecule has 0 spiro atoms. The van der Waals surface area contributed by atoms with Gasteiger partial charge in [-0.05, 0) is 31.0 Å². The molecule has 1 aromatic rings. The Kier molecular flexibility index (Phi) is 6.96. The predicted octanol–water partition coefficient (Wildman–Crippen LogP) is 4.45. The highest BCUT2D eigenvalue weighted by Gasteiger charge is 2.20. The third kappa shape index (κ3) is 5.27. The van der Waals surface area contributed by atoms with E-state index in [1.54, 1.807) is 18.2 Å². The molecule has 2 rings (SSSR count). The molecule has 0 atom stereocenters. The summed E-state index contributed by atoms with van der Waals surface area (Å²) in [6.45, 7) is 3.61. The number of hydrogen-bond donors (Lipinski definition) is 1. The highest BCUT2D eigenvalue weighted by atomic mass is 32.2. The Morgan fingerprint density at radius 2 is 2.17 bits per heavy atom. The smallest absolute Gasteiger partial charge is 0.234 e. The van der Waals surface area contributed by atoms with Gasteiger partial charge in [0.15, 0.2) is 0 Å². The number of thioether (sulfide) groups is 1. The molecule has 0 bridgehead atoms. The van der Waals surface area contributed by atoms with Crippen LogP contribution >= 0.6 is 11.8 Å². The molecule has 0 unspecified atom stereocenters. The summed E-state index contributed by atoms with van der Waals surface area (Å²) in [6.07, 6.45) is 7.71. The van der Waals surface area contributed by atoms with Gasteiger partial charge in [-0.3, -0.25) is 4.79 Å². The molecule has 1 N–H and O–H groups in total. The quantitative estimate of drug-likeness (QED) is 0.590. The topological polar surface area (TPSA) is 32.3 Å². The summed E-state index contributed by atoms with van der Waals surface area (Å²) in [7, 11) is 1.96. The average molecular weight is 336 g/mol. The van der Waals surface area contributed by atoms with Gasteiger partial charge in [0.25, 0.3) is 0 Å². The first-order valence-corrected chi connectivity index (χ1v) is 9.28. The molecule has 0 aliphatic heterocycles. The molecule has 0 heterocycles. The minimum atomic E-state index is -0.283. The van der Waals surface area contributed by atoms with Gasteiger partial charge in [0.1, 0.15) is 5.82 Å². The molecule has 3 nitrogen and oxygen atoms in total. The second-order valence-corrected chi connectivity index (χ2v) is 6.95. The highest BCUT2D eigenvalue weighted by molar-refractivity contribution is 8.00. The molecule has 1 aliphatic rings. The molecule has 5 heteroatoms. The van der Waals surface area contributed by atoms with E-state index in [4.69, 9.17) is 0 Å². The Morgan fingerprint density at radius 3 is 2.83 bits per heavy atom. The maximum atomic E-state index is 14.4. The van der Waals surface area contributed by atoms with Crippen molar-refractivity contribution in [3.8, 4) is 0 Å². The number of carbonyl (C=O) groups is 1. The Morgan fingerprint density at radius 1 is 1.43 bits per heavy atom. The largest absolute Gasteiger partial charge is 0.369 e. The van der Waals surface area contributed by atoms with Crippen molar-refractivity contribution < 1.29 is 9.18 Å². The maximum Gasteiger partial charge on any atom is 0.234 e. The Bertz CT molecular complexity index is 544. The molecule has 1 saturated carbocycles. The number of amides is 1. The van der Waals surface area contributed by atoms with Gasteiger partial charge in [-0.1, -0.05) is 25.3 Å². The average Bonchev–Trinajstić information content (AvgIpc) is 2.55. The number of hydrogen-bond acceptors (Lipinski definition) is 3. The van der Waals surface area contributed by atoms with E-state index in [-0.39, 0.29) is 11.7 Å². The first-order chi connectivity index (χ1) is 11.1. The lowest BCUT2D eigenvalue weighted by molar-refractivity contribution is -0.113. The normalized spacial score (nSPS) is 15.2. The fourth-order valence-corrected chi connectivity index (χ4v) is 3.51. The van der Waals surface area contributed by atoms with E-state index in [2.05, 4.69) is 11.9 Å². The van der Waals surface area contributed by atoms with Crippen LogP contribution in [0.3, 0.4) is 0 Å². The summed E-state index contributed by atoms with van der Waals surface area (Å²) in [5.74, 6) is 0.670. The van der Waals surface area contributed by atoms with Crippen molar-refractivity contribution in [3.63, 3.8) is 0 Å². The fourth-order valence-electron chi connectivity index (χ4n) is 2.97. The van der Waals surface area contributed by atoms with Crippen LogP contribution in [0.15, 0.2) is 30.9 Å². The van der Waals surface area contributed by atoms with Gasteiger partial charge in [0.05, 0.1) is 11.4 Å². The monoisotopic (exact) mass is 336 g/mol. The van der Waals surface area contributed by atoms with Gasteiger partial charge in [-0.15, -0.1) is 18.3 Å². The number of nitrogens with zero attached hydrogens (tertiary/aromatic N) is 1. The van der Waals surface area contributed by atoms with Crippen LogP contribution in [-0.4, -0.2) is 30.5 Å². The van der Waals surface area contributed by atoms with Crippen molar-refractivity contribution in [1.82, 2.24) is 0 Å². The maximum absolute atomic E-state index is 14.4. The minimum Gasteiger partial charge on any atom is -0.369 e. The number of nitrogens with one attached hydrogen (secondary N) is 1. The summed E-state index contributed by atoms with van der Waals surface area (Å²) in [6, 6.07) is 5.35. The van der Waals surface area contributed by atoms with Gasteiger partial charge in [-0.2, -0.15) is 0 Å². The lowest BCUT2D eigenvalue weighted by Crippen LogP contribution is -2.33. The zero-order chi connectivity index (χ0) is 16.7. The summed E-state index contributed by atoms with van der Waals surface area (Å²) in [4.78, 5) is 13.8. The molecule has 23 heavy (non-hydrogen) atoms. The second-order valence-electron chi connectivity index (χ2n) is 5.92. The Balaban J connectivity index is 1.96. The van der Waals surface area contributed by atoms with Crippen LogP contribution in [0.4, 0.5) is 15.8 Å². The number of halogens is 1. The molecule has 1 amide bonds. The molecular formula is C18H25FN2OS. The SMILES string of the molecule is C=CCSCC(=O)Nc1ccc(N(C)C2CCCCC2)c(F)c1. The van der Waals surface area contributed by atoms with Crippen LogP contribution in [0.5, 0.6) is 0 Å². The van der Waals surface area contributed by atoms with E-state index in [1.807, 2.05) is 11.9 Å². The van der Waals surface area contributed by atoms with Crippen molar-refractivity contribution in [3.05, 3.63) is 36.7 Å². The van der Waals surface area contributed by atoms with E-state index < -0.39 is 0 Å². The second kappa shape index (κ2) is 8.96. The number of benzene rings is 1. The third-order valence-electron chi connectivity index (χ3n) is 4.20. The van der Waals surface area contributed by atoms with Gasteiger partial charge < -0.3 is 10.2 Å². The fraction of sp³-hybridized carbons (Fsp3) is 0.500. The zero-order valence-electron chi connectivity index (χ0n) is 13.7. The van der Waals surface area contributed by atoms with Crippen LogP contribution in [0.2, 0.25) is 0 Å². The van der Waals surface area contributed by atoms with Gasteiger partial charge in [0, 0.05) is 24.5 Å². The van der Waals surface area contributed by atoms with E-state index in [0.717, 1.165) is 18.6 Å². The van der Waals surface area contributed by atoms with Crippen molar-refractivity contribution in [1.29, 1.82) is 0 Å². The zero-order valence-corrected chi connectivity index (χ0v) is 14.5. The lowest BCUT2D eigenvalue weighted by Gasteiger charge is -2.33. The van der Waals surface area contributed by atoms with Crippen LogP contribution in [0.1, 0.15) is 32.1 Å². The van der Waals surface area contributed by atoms with Gasteiger partial charge in [-0.25, -0.2) is 4.39 Å². The molecule has 0 aromatic heterocycles. The molecule has 1 fully saturated rings. The highest BCUT2D eigenvalue weighted by Crippen LogP contribution is 2.29. The van der Waals surface area contributed by atoms with E-state index in [9.17, 15) is 9.18 Å². The molecule has 1 aromatic carbocycles. The van der Waals surface area contributed by atoms with Crippen molar-refractivity contribution >= 4 is 29.0 Å². The summed E-state index contributed by atoms with van der Waals surface area (Å²) < 4.78 is 14.4. The molecule has 1 aliphatic carbocycles. The van der Waals surface area contributed by atoms with Gasteiger partial charge >= 0.3 is 0 Å². The molecule has 0 saturated heterocycles. The third-order valence-corrected chi connectivity index (χ3v) is 5.14. The van der Waals surface area contributed by atoms with Crippen LogP contribution < -0.4 is 10.2 Å². The van der Waals surface area contributed by atoms with E-state index >= 15 is 0 Å². The van der Waals surface area contributed by atoms with E-state index in [0.29, 0.717) is 23.2 Å². The number of rotatable bonds is 7. The Labute approximate surface area is 142 Å². The van der Waals surface area contributed by atoms with Crippen molar-refractivity contribution in [2.24, 2.45) is 0 Å². The summed E-state index contributed by atoms with van der Waals surface area (Å²) in [5, 5.41) is 2.73. The lowest BCUT2D eigenvalue weighted by atomic mass is 9.94. The standard InChI is InChI=1S/C18H25FN2OS/c1-3-11-23-13-18(22)20-14-9-10-17(16(19)12-14)21(2)15-7-5-4-6-8-15/h3,9-10,12,15H,1,4-8,11,13H2,2H3,(H,20,22). The summed E-state index contributed by atoms with van der Waals surface area (Å²) in [5.41, 5.74) is 1.11. The first kappa shape index (κ1) is 17.9.